The van der Waals surface area contributed by atoms with Gasteiger partial charge in [-0.05, 0) is 38.1 Å². The molecule has 0 unspecified atom stereocenters. The second kappa shape index (κ2) is 9.23. The van der Waals surface area contributed by atoms with Crippen molar-refractivity contribution in [3.05, 3.63) is 18.2 Å². The highest BCUT2D eigenvalue weighted by atomic mass is 32.2. The van der Waals surface area contributed by atoms with Crippen molar-refractivity contribution in [1.82, 2.24) is 14.5 Å². The van der Waals surface area contributed by atoms with E-state index in [1.807, 2.05) is 0 Å². The van der Waals surface area contributed by atoms with Gasteiger partial charge in [-0.25, -0.2) is 13.1 Å². The van der Waals surface area contributed by atoms with Crippen LogP contribution in [0.15, 0.2) is 23.1 Å². The maximum atomic E-state index is 12.6. The minimum absolute atomic E-state index is 0.229. The van der Waals surface area contributed by atoms with Crippen LogP contribution in [-0.2, 0) is 10.0 Å². The predicted molar refractivity (Wildman–Crippen MR) is 110 cm³/mol. The Labute approximate surface area is 163 Å². The van der Waals surface area contributed by atoms with E-state index < -0.39 is 10.0 Å². The van der Waals surface area contributed by atoms with Crippen LogP contribution in [0, 0.1) is 0 Å². The molecule has 152 valence electrons. The average Bonchev–Trinajstić information content (AvgIpc) is 2.66. The summed E-state index contributed by atoms with van der Waals surface area (Å²) in [6.07, 6.45) is 6.06. The molecule has 0 spiro atoms. The molecule has 2 fully saturated rings. The second-order valence-electron chi connectivity index (χ2n) is 7.77. The summed E-state index contributed by atoms with van der Waals surface area (Å²) < 4.78 is 27.8. The number of nitrogen functional groups attached to an aromatic ring is 1. The lowest BCUT2D eigenvalue weighted by atomic mass is 9.95. The minimum Gasteiger partial charge on any atom is -0.397 e. The van der Waals surface area contributed by atoms with Gasteiger partial charge < -0.3 is 16.0 Å². The van der Waals surface area contributed by atoms with Gasteiger partial charge in [-0.15, -0.1) is 0 Å². The van der Waals surface area contributed by atoms with E-state index in [0.717, 1.165) is 51.3 Å². The standard InChI is InChI=1S/C19H33N5O2S/c1-23-11-13-24(14-12-23)10-9-21-27(25,26)17-7-8-19(18(20)15-17)22-16-5-3-2-4-6-16/h7-8,15-16,21-22H,2-6,9-14,20H2,1H3. The fourth-order valence-electron chi connectivity index (χ4n) is 3.80. The summed E-state index contributed by atoms with van der Waals surface area (Å²) in [5.41, 5.74) is 7.45. The molecule has 8 heteroatoms. The summed E-state index contributed by atoms with van der Waals surface area (Å²) in [4.78, 5) is 4.80. The number of nitrogens with zero attached hydrogens (tertiary/aromatic N) is 2. The average molecular weight is 396 g/mol. The highest BCUT2D eigenvalue weighted by molar-refractivity contribution is 7.89. The first-order valence-corrected chi connectivity index (χ1v) is 11.5. The van der Waals surface area contributed by atoms with Crippen LogP contribution in [0.25, 0.3) is 0 Å². The van der Waals surface area contributed by atoms with Crippen LogP contribution in [-0.4, -0.2) is 70.6 Å². The topological polar surface area (TPSA) is 90.7 Å². The third kappa shape index (κ3) is 5.81. The zero-order chi connectivity index (χ0) is 19.3. The number of sulfonamides is 1. The van der Waals surface area contributed by atoms with E-state index in [0.29, 0.717) is 18.3 Å². The normalized spacial score (nSPS) is 20.6. The molecule has 1 aliphatic carbocycles. The number of likely N-dealkylation sites (N-methyl/N-ethyl adjacent to an activating group) is 1. The highest BCUT2D eigenvalue weighted by Gasteiger charge is 2.19. The molecule has 0 radical (unpaired) electrons. The van der Waals surface area contributed by atoms with E-state index >= 15 is 0 Å². The first kappa shape index (κ1) is 20.4. The molecule has 7 nitrogen and oxygen atoms in total. The molecule has 1 aliphatic heterocycles. The van der Waals surface area contributed by atoms with E-state index in [4.69, 9.17) is 5.73 Å². The lowest BCUT2D eigenvalue weighted by molar-refractivity contribution is 0.156. The van der Waals surface area contributed by atoms with Crippen molar-refractivity contribution in [2.24, 2.45) is 0 Å². The molecule has 0 atom stereocenters. The van der Waals surface area contributed by atoms with Crippen LogP contribution >= 0.6 is 0 Å². The lowest BCUT2D eigenvalue weighted by Gasteiger charge is -2.32. The third-order valence-corrected chi connectivity index (χ3v) is 7.07. The third-order valence-electron chi connectivity index (χ3n) is 5.61. The lowest BCUT2D eigenvalue weighted by Crippen LogP contribution is -2.46. The minimum atomic E-state index is -3.54. The fourth-order valence-corrected chi connectivity index (χ4v) is 4.86. The molecule has 4 N–H and O–H groups in total. The zero-order valence-corrected chi connectivity index (χ0v) is 17.1. The van der Waals surface area contributed by atoms with Crippen LogP contribution in [0.5, 0.6) is 0 Å². The number of hydrogen-bond acceptors (Lipinski definition) is 6. The van der Waals surface area contributed by atoms with E-state index in [2.05, 4.69) is 26.9 Å². The molecule has 27 heavy (non-hydrogen) atoms. The molecule has 1 heterocycles. The largest absolute Gasteiger partial charge is 0.397 e. The Kier molecular flexibility index (Phi) is 6.97. The molecule has 1 aromatic carbocycles. The molecule has 0 bridgehead atoms. The SMILES string of the molecule is CN1CCN(CCNS(=O)(=O)c2ccc(NC3CCCCC3)c(N)c2)CC1. The first-order valence-electron chi connectivity index (χ1n) is 10.0. The van der Waals surface area contributed by atoms with Crippen molar-refractivity contribution >= 4 is 21.4 Å². The van der Waals surface area contributed by atoms with Gasteiger partial charge in [0.2, 0.25) is 10.0 Å². The Morgan fingerprint density at radius 1 is 1.11 bits per heavy atom. The highest BCUT2D eigenvalue weighted by Crippen LogP contribution is 2.27. The van der Waals surface area contributed by atoms with Gasteiger partial charge in [-0.2, -0.15) is 0 Å². The van der Waals surface area contributed by atoms with Crippen LogP contribution in [0.1, 0.15) is 32.1 Å². The van der Waals surface area contributed by atoms with E-state index in [9.17, 15) is 8.42 Å². The molecule has 0 aromatic heterocycles. The van der Waals surface area contributed by atoms with E-state index in [-0.39, 0.29) is 4.90 Å². The molecule has 3 rings (SSSR count). The van der Waals surface area contributed by atoms with Gasteiger partial charge in [0, 0.05) is 45.3 Å². The van der Waals surface area contributed by atoms with Crippen LogP contribution in [0.2, 0.25) is 0 Å². The molecular weight excluding hydrogens is 362 g/mol. The van der Waals surface area contributed by atoms with Crippen molar-refractivity contribution in [2.45, 2.75) is 43.0 Å². The maximum Gasteiger partial charge on any atom is 0.240 e. The smallest absolute Gasteiger partial charge is 0.240 e. The summed E-state index contributed by atoms with van der Waals surface area (Å²) in [5, 5.41) is 3.47. The van der Waals surface area contributed by atoms with E-state index in [1.165, 1.54) is 19.3 Å². The monoisotopic (exact) mass is 395 g/mol. The van der Waals surface area contributed by atoms with Gasteiger partial charge in [-0.1, -0.05) is 19.3 Å². The Hall–Kier alpha value is -1.35. The zero-order valence-electron chi connectivity index (χ0n) is 16.3. The molecule has 2 aliphatic rings. The molecule has 0 amide bonds. The number of nitrogens with one attached hydrogen (secondary N) is 2. The Balaban J connectivity index is 1.53. The maximum absolute atomic E-state index is 12.6. The molecule has 1 saturated carbocycles. The first-order chi connectivity index (χ1) is 12.9. The van der Waals surface area contributed by atoms with Gasteiger partial charge in [-0.3, -0.25) is 4.90 Å². The van der Waals surface area contributed by atoms with Crippen molar-refractivity contribution in [1.29, 1.82) is 0 Å². The summed E-state index contributed by atoms with van der Waals surface area (Å²) in [5.74, 6) is 0. The number of piperazine rings is 1. The van der Waals surface area contributed by atoms with Crippen molar-refractivity contribution in [2.75, 3.05) is 57.4 Å². The quantitative estimate of drug-likeness (QED) is 0.607. The van der Waals surface area contributed by atoms with E-state index in [1.54, 1.807) is 18.2 Å². The fraction of sp³-hybridized carbons (Fsp3) is 0.684. The van der Waals surface area contributed by atoms with Gasteiger partial charge in [0.25, 0.3) is 0 Å². The molecule has 1 aromatic rings. The van der Waals surface area contributed by atoms with Crippen molar-refractivity contribution < 1.29 is 8.42 Å². The predicted octanol–water partition coefficient (Wildman–Crippen LogP) is 1.54. The second-order valence-corrected chi connectivity index (χ2v) is 9.54. The number of nitrogens with two attached hydrogens (primary N) is 1. The van der Waals surface area contributed by atoms with Gasteiger partial charge in [0.15, 0.2) is 0 Å². The van der Waals surface area contributed by atoms with Crippen LogP contribution < -0.4 is 15.8 Å². The summed E-state index contributed by atoms with van der Waals surface area (Å²) in [6.45, 7) is 5.15. The van der Waals surface area contributed by atoms with Crippen molar-refractivity contribution in [3.63, 3.8) is 0 Å². The number of anilines is 2. The summed E-state index contributed by atoms with van der Waals surface area (Å²) in [7, 11) is -1.43. The molecular formula is C19H33N5O2S. The number of rotatable bonds is 7. The van der Waals surface area contributed by atoms with Gasteiger partial charge in [0.05, 0.1) is 16.3 Å². The Morgan fingerprint density at radius 2 is 1.81 bits per heavy atom. The number of benzene rings is 1. The van der Waals surface area contributed by atoms with Gasteiger partial charge >= 0.3 is 0 Å². The van der Waals surface area contributed by atoms with Crippen LogP contribution in [0.4, 0.5) is 11.4 Å². The number of hydrogen-bond donors (Lipinski definition) is 3. The Morgan fingerprint density at radius 3 is 2.48 bits per heavy atom. The summed E-state index contributed by atoms with van der Waals surface area (Å²) >= 11 is 0. The van der Waals surface area contributed by atoms with Crippen molar-refractivity contribution in [3.8, 4) is 0 Å². The summed E-state index contributed by atoms with van der Waals surface area (Å²) in [6, 6.07) is 5.42. The Bertz CT molecular complexity index is 711. The molecule has 1 saturated heterocycles. The van der Waals surface area contributed by atoms with Crippen LogP contribution in [0.3, 0.4) is 0 Å². The van der Waals surface area contributed by atoms with Gasteiger partial charge in [0.1, 0.15) is 0 Å².